The molecule has 0 aliphatic rings. The fraction of sp³-hybridized carbons (Fsp3) is 0.125. The number of halogens is 4. The Bertz CT molecular complexity index is 372. The number of carbonyl (C=O) groups is 1. The molecular weight excluding hydrogens is 342 g/mol. The van der Waals surface area contributed by atoms with E-state index < -0.39 is 12.6 Å². The molecule has 3 nitrogen and oxygen atoms in total. The van der Waals surface area contributed by atoms with Crippen LogP contribution in [0.5, 0.6) is 5.75 Å². The quantitative estimate of drug-likeness (QED) is 0.911. The van der Waals surface area contributed by atoms with Crippen molar-refractivity contribution in [2.24, 2.45) is 0 Å². The SMILES string of the molecule is O=C(O)c1cc(Br)c(OC(F)F)c(Br)c1. The number of hydrogen-bond donors (Lipinski definition) is 1. The molecule has 0 unspecified atom stereocenters. The van der Waals surface area contributed by atoms with Crippen LogP contribution in [0.15, 0.2) is 21.1 Å². The molecule has 0 bridgehead atoms. The summed E-state index contributed by atoms with van der Waals surface area (Å²) in [6, 6.07) is 2.37. The van der Waals surface area contributed by atoms with Crippen LogP contribution in [0.25, 0.3) is 0 Å². The number of aromatic carboxylic acids is 1. The third kappa shape index (κ3) is 3.13. The second-order valence-corrected chi connectivity index (χ2v) is 4.16. The summed E-state index contributed by atoms with van der Waals surface area (Å²) in [6.45, 7) is -2.96. The van der Waals surface area contributed by atoms with Crippen molar-refractivity contribution >= 4 is 37.8 Å². The van der Waals surface area contributed by atoms with E-state index in [-0.39, 0.29) is 20.3 Å². The molecule has 0 saturated heterocycles. The molecule has 0 aliphatic carbocycles. The average molecular weight is 346 g/mol. The Morgan fingerprint density at radius 1 is 1.33 bits per heavy atom. The first-order chi connectivity index (χ1) is 6.91. The van der Waals surface area contributed by atoms with Gasteiger partial charge in [-0.05, 0) is 44.0 Å². The Kier molecular flexibility index (Phi) is 4.04. The van der Waals surface area contributed by atoms with Gasteiger partial charge >= 0.3 is 12.6 Å². The number of carboxylic acids is 1. The zero-order valence-corrected chi connectivity index (χ0v) is 10.2. The maximum atomic E-state index is 12.0. The first kappa shape index (κ1) is 12.4. The Morgan fingerprint density at radius 2 is 1.80 bits per heavy atom. The molecule has 1 aromatic rings. The van der Waals surface area contributed by atoms with E-state index in [4.69, 9.17) is 5.11 Å². The van der Waals surface area contributed by atoms with Gasteiger partial charge in [0.15, 0.2) is 5.75 Å². The van der Waals surface area contributed by atoms with E-state index in [9.17, 15) is 13.6 Å². The average Bonchev–Trinajstić information content (AvgIpc) is 2.10. The lowest BCUT2D eigenvalue weighted by Crippen LogP contribution is -2.04. The van der Waals surface area contributed by atoms with Crippen LogP contribution in [-0.4, -0.2) is 17.7 Å². The van der Waals surface area contributed by atoms with Gasteiger partial charge in [-0.1, -0.05) is 0 Å². The molecule has 0 spiro atoms. The van der Waals surface area contributed by atoms with Crippen molar-refractivity contribution in [1.29, 1.82) is 0 Å². The van der Waals surface area contributed by atoms with Gasteiger partial charge in [-0.2, -0.15) is 8.78 Å². The minimum Gasteiger partial charge on any atom is -0.478 e. The molecule has 0 aliphatic heterocycles. The normalized spacial score (nSPS) is 10.5. The summed E-state index contributed by atoms with van der Waals surface area (Å²) in [6.07, 6.45) is 0. The van der Waals surface area contributed by atoms with Crippen molar-refractivity contribution in [3.05, 3.63) is 26.6 Å². The van der Waals surface area contributed by atoms with Gasteiger partial charge < -0.3 is 9.84 Å². The fourth-order valence-electron chi connectivity index (χ4n) is 0.885. The van der Waals surface area contributed by atoms with E-state index in [0.29, 0.717) is 0 Å². The number of alkyl halides is 2. The van der Waals surface area contributed by atoms with E-state index in [1.165, 1.54) is 12.1 Å². The van der Waals surface area contributed by atoms with Crippen LogP contribution in [0.4, 0.5) is 8.78 Å². The van der Waals surface area contributed by atoms with Crippen LogP contribution in [-0.2, 0) is 0 Å². The van der Waals surface area contributed by atoms with E-state index >= 15 is 0 Å². The minimum absolute atomic E-state index is 0.0321. The van der Waals surface area contributed by atoms with Crippen LogP contribution < -0.4 is 4.74 Å². The van der Waals surface area contributed by atoms with Crippen LogP contribution in [0.3, 0.4) is 0 Å². The highest BCUT2D eigenvalue weighted by Crippen LogP contribution is 2.35. The summed E-state index contributed by atoms with van der Waals surface area (Å²) < 4.78 is 28.4. The Labute approximate surface area is 100 Å². The molecular formula is C8H4Br2F2O3. The van der Waals surface area contributed by atoms with Crippen LogP contribution in [0.2, 0.25) is 0 Å². The third-order valence-corrected chi connectivity index (χ3v) is 2.63. The molecule has 1 aromatic carbocycles. The number of benzene rings is 1. The molecule has 0 saturated carbocycles. The highest BCUT2D eigenvalue weighted by Gasteiger charge is 2.15. The van der Waals surface area contributed by atoms with Gasteiger partial charge in [-0.25, -0.2) is 4.79 Å². The minimum atomic E-state index is -2.96. The molecule has 0 fully saturated rings. The van der Waals surface area contributed by atoms with Crippen molar-refractivity contribution in [2.75, 3.05) is 0 Å². The Balaban J connectivity index is 3.15. The Hall–Kier alpha value is -0.690. The van der Waals surface area contributed by atoms with Crippen molar-refractivity contribution in [2.45, 2.75) is 6.61 Å². The molecule has 0 aromatic heterocycles. The zero-order chi connectivity index (χ0) is 11.6. The maximum absolute atomic E-state index is 12.0. The van der Waals surface area contributed by atoms with Gasteiger partial charge in [-0.15, -0.1) is 0 Å². The number of ether oxygens (including phenoxy) is 1. The summed E-state index contributed by atoms with van der Waals surface area (Å²) in [7, 11) is 0. The second-order valence-electron chi connectivity index (χ2n) is 2.45. The van der Waals surface area contributed by atoms with Gasteiger partial charge in [0, 0.05) is 0 Å². The molecule has 0 atom stereocenters. The van der Waals surface area contributed by atoms with E-state index in [1.54, 1.807) is 0 Å². The molecule has 0 amide bonds. The van der Waals surface area contributed by atoms with Gasteiger partial charge in [0.05, 0.1) is 14.5 Å². The van der Waals surface area contributed by atoms with E-state index in [1.807, 2.05) is 0 Å². The molecule has 7 heteroatoms. The molecule has 15 heavy (non-hydrogen) atoms. The fourth-order valence-corrected chi connectivity index (χ4v) is 2.26. The molecule has 0 radical (unpaired) electrons. The van der Waals surface area contributed by atoms with Gasteiger partial charge in [0.25, 0.3) is 0 Å². The lowest BCUT2D eigenvalue weighted by Gasteiger charge is -2.09. The van der Waals surface area contributed by atoms with E-state index in [0.717, 1.165) is 0 Å². The number of rotatable bonds is 3. The largest absolute Gasteiger partial charge is 0.478 e. The number of carboxylic acid groups (broad SMARTS) is 1. The van der Waals surface area contributed by atoms with Crippen molar-refractivity contribution < 1.29 is 23.4 Å². The predicted octanol–water partition coefficient (Wildman–Crippen LogP) is 3.51. The lowest BCUT2D eigenvalue weighted by molar-refractivity contribution is -0.0508. The predicted molar refractivity (Wildman–Crippen MR) is 55.4 cm³/mol. The lowest BCUT2D eigenvalue weighted by atomic mass is 10.2. The van der Waals surface area contributed by atoms with Gasteiger partial charge in [0.1, 0.15) is 0 Å². The first-order valence-electron chi connectivity index (χ1n) is 3.59. The third-order valence-electron chi connectivity index (χ3n) is 1.45. The van der Waals surface area contributed by atoms with Crippen LogP contribution >= 0.6 is 31.9 Å². The highest BCUT2D eigenvalue weighted by atomic mass is 79.9. The van der Waals surface area contributed by atoms with Gasteiger partial charge in [-0.3, -0.25) is 0 Å². The number of hydrogen-bond acceptors (Lipinski definition) is 2. The molecule has 1 N–H and O–H groups in total. The second kappa shape index (κ2) is 4.89. The summed E-state index contributed by atoms with van der Waals surface area (Å²) in [4.78, 5) is 10.6. The smallest absolute Gasteiger partial charge is 0.387 e. The molecule has 1 rings (SSSR count). The van der Waals surface area contributed by atoms with Crippen molar-refractivity contribution in [3.63, 3.8) is 0 Å². The summed E-state index contributed by atoms with van der Waals surface area (Å²) in [5.74, 6) is -1.28. The van der Waals surface area contributed by atoms with Crippen molar-refractivity contribution in [1.82, 2.24) is 0 Å². The standard InChI is InChI=1S/C8H4Br2F2O3/c9-4-1-3(7(13)14)2-5(10)6(4)15-8(11)12/h1-2,8H,(H,13,14). The molecule has 0 heterocycles. The highest BCUT2D eigenvalue weighted by molar-refractivity contribution is 9.11. The van der Waals surface area contributed by atoms with Crippen molar-refractivity contribution in [3.8, 4) is 5.75 Å². The van der Waals surface area contributed by atoms with Crippen LogP contribution in [0, 0.1) is 0 Å². The topological polar surface area (TPSA) is 46.5 Å². The van der Waals surface area contributed by atoms with Crippen LogP contribution in [0.1, 0.15) is 10.4 Å². The Morgan fingerprint density at radius 3 is 2.13 bits per heavy atom. The van der Waals surface area contributed by atoms with E-state index in [2.05, 4.69) is 36.6 Å². The maximum Gasteiger partial charge on any atom is 0.387 e. The summed E-state index contributed by atoms with van der Waals surface area (Å²) in [5, 5.41) is 8.68. The summed E-state index contributed by atoms with van der Waals surface area (Å²) in [5.41, 5.74) is -0.0321. The first-order valence-corrected chi connectivity index (χ1v) is 5.17. The zero-order valence-electron chi connectivity index (χ0n) is 7.01. The summed E-state index contributed by atoms with van der Waals surface area (Å²) >= 11 is 5.89. The monoisotopic (exact) mass is 344 g/mol. The molecule has 82 valence electrons. The van der Waals surface area contributed by atoms with Gasteiger partial charge in [0.2, 0.25) is 0 Å².